The van der Waals surface area contributed by atoms with E-state index in [-0.39, 0.29) is 30.6 Å². The molecular weight excluding hydrogens is 465 g/mol. The number of rotatable bonds is 5. The molecule has 0 radical (unpaired) electrons. The number of hydrogen-bond donors (Lipinski definition) is 3. The van der Waals surface area contributed by atoms with Crippen molar-refractivity contribution in [2.24, 2.45) is 0 Å². The van der Waals surface area contributed by atoms with E-state index < -0.39 is 17.6 Å². The SMILES string of the molecule is CCN1C(=O)[C@H](NC(=O)c2n[nH]c(Cc3cccc(F)c3)n2)COc2ccc(C#CC(C)(C)O)cc21. The molecule has 36 heavy (non-hydrogen) atoms. The zero-order valence-corrected chi connectivity index (χ0v) is 20.1. The van der Waals surface area contributed by atoms with Crippen molar-refractivity contribution in [3.8, 4) is 17.6 Å². The molecule has 0 spiro atoms. The molecule has 1 atom stereocenters. The first-order valence-corrected chi connectivity index (χ1v) is 11.4. The summed E-state index contributed by atoms with van der Waals surface area (Å²) in [6.45, 7) is 5.24. The Balaban J connectivity index is 1.49. The molecule has 186 valence electrons. The predicted molar refractivity (Wildman–Crippen MR) is 130 cm³/mol. The number of aromatic nitrogens is 3. The van der Waals surface area contributed by atoms with Crippen molar-refractivity contribution in [3.63, 3.8) is 0 Å². The fourth-order valence-electron chi connectivity index (χ4n) is 3.67. The quantitative estimate of drug-likeness (QED) is 0.471. The highest BCUT2D eigenvalue weighted by Crippen LogP contribution is 2.32. The first-order chi connectivity index (χ1) is 17.1. The zero-order valence-electron chi connectivity index (χ0n) is 20.1. The molecule has 0 fully saturated rings. The van der Waals surface area contributed by atoms with Crippen LogP contribution in [0.25, 0.3) is 0 Å². The van der Waals surface area contributed by atoms with Gasteiger partial charge in [-0.2, -0.15) is 0 Å². The van der Waals surface area contributed by atoms with Crippen molar-refractivity contribution < 1.29 is 23.8 Å². The molecule has 0 bridgehead atoms. The molecule has 3 aromatic rings. The number of hydrogen-bond acceptors (Lipinski definition) is 6. The highest BCUT2D eigenvalue weighted by Gasteiger charge is 2.33. The predicted octanol–water partition coefficient (Wildman–Crippen LogP) is 2.20. The summed E-state index contributed by atoms with van der Waals surface area (Å²) < 4.78 is 19.3. The van der Waals surface area contributed by atoms with Crippen LogP contribution >= 0.6 is 0 Å². The first-order valence-electron chi connectivity index (χ1n) is 11.4. The Hall–Kier alpha value is -4.23. The number of amides is 2. The fourth-order valence-corrected chi connectivity index (χ4v) is 3.67. The van der Waals surface area contributed by atoms with Crippen LogP contribution < -0.4 is 15.0 Å². The number of likely N-dealkylation sites (N-methyl/N-ethyl adjacent to an activating group) is 1. The maximum atomic E-state index is 13.4. The number of nitrogens with one attached hydrogen (secondary N) is 2. The molecule has 1 aromatic heterocycles. The van der Waals surface area contributed by atoms with E-state index in [1.165, 1.54) is 17.0 Å². The zero-order chi connectivity index (χ0) is 25.9. The van der Waals surface area contributed by atoms with E-state index >= 15 is 0 Å². The topological polar surface area (TPSA) is 120 Å². The third-order valence-corrected chi connectivity index (χ3v) is 5.35. The van der Waals surface area contributed by atoms with E-state index in [0.29, 0.717) is 34.9 Å². The number of benzene rings is 2. The minimum Gasteiger partial charge on any atom is -0.489 e. The van der Waals surface area contributed by atoms with Gasteiger partial charge in [-0.15, -0.1) is 5.10 Å². The average molecular weight is 492 g/mol. The van der Waals surface area contributed by atoms with Crippen molar-refractivity contribution >= 4 is 17.5 Å². The Bertz CT molecular complexity index is 1350. The Labute approximate surface area is 207 Å². The van der Waals surface area contributed by atoms with Crippen LogP contribution in [-0.4, -0.2) is 56.9 Å². The van der Waals surface area contributed by atoms with Gasteiger partial charge in [0.1, 0.15) is 35.6 Å². The molecule has 0 unspecified atom stereocenters. The largest absolute Gasteiger partial charge is 0.489 e. The van der Waals surface area contributed by atoms with Gasteiger partial charge in [-0.25, -0.2) is 9.37 Å². The van der Waals surface area contributed by atoms with E-state index in [4.69, 9.17) is 4.74 Å². The Morgan fingerprint density at radius 1 is 1.33 bits per heavy atom. The number of aromatic amines is 1. The van der Waals surface area contributed by atoms with E-state index in [1.54, 1.807) is 44.2 Å². The number of aliphatic hydroxyl groups is 1. The van der Waals surface area contributed by atoms with Crippen LogP contribution in [-0.2, 0) is 11.2 Å². The summed E-state index contributed by atoms with van der Waals surface area (Å²) in [5.41, 5.74) is 0.654. The highest BCUT2D eigenvalue weighted by molar-refractivity contribution is 6.02. The van der Waals surface area contributed by atoms with E-state index in [0.717, 1.165) is 0 Å². The van der Waals surface area contributed by atoms with Gasteiger partial charge in [0.25, 0.3) is 11.8 Å². The number of fused-ring (bicyclic) bond motifs is 1. The van der Waals surface area contributed by atoms with Gasteiger partial charge in [0.2, 0.25) is 5.82 Å². The lowest BCUT2D eigenvalue weighted by atomic mass is 10.1. The lowest BCUT2D eigenvalue weighted by molar-refractivity contribution is -0.120. The van der Waals surface area contributed by atoms with E-state index in [2.05, 4.69) is 32.3 Å². The van der Waals surface area contributed by atoms with Crippen LogP contribution in [0, 0.1) is 17.7 Å². The van der Waals surface area contributed by atoms with Gasteiger partial charge in [-0.1, -0.05) is 24.0 Å². The summed E-state index contributed by atoms with van der Waals surface area (Å²) in [6, 6.07) is 10.2. The second-order valence-electron chi connectivity index (χ2n) is 8.82. The number of H-pyrrole nitrogens is 1. The third kappa shape index (κ3) is 5.87. The summed E-state index contributed by atoms with van der Waals surface area (Å²) in [7, 11) is 0. The minimum atomic E-state index is -1.16. The van der Waals surface area contributed by atoms with Crippen LogP contribution in [0.15, 0.2) is 42.5 Å². The van der Waals surface area contributed by atoms with Crippen molar-refractivity contribution in [3.05, 3.63) is 71.1 Å². The van der Waals surface area contributed by atoms with E-state index in [1.807, 2.05) is 6.92 Å². The average Bonchev–Trinajstić information content (AvgIpc) is 3.24. The van der Waals surface area contributed by atoms with Crippen molar-refractivity contribution in [2.75, 3.05) is 18.1 Å². The maximum absolute atomic E-state index is 13.4. The molecule has 9 nitrogen and oxygen atoms in total. The third-order valence-electron chi connectivity index (χ3n) is 5.35. The van der Waals surface area contributed by atoms with Crippen molar-refractivity contribution in [2.45, 2.75) is 38.8 Å². The standard InChI is InChI=1S/C26H26FN5O4/c1-4-32-20-13-16(10-11-26(2,3)35)8-9-21(20)36-15-19(25(32)34)28-24(33)23-29-22(30-31-23)14-17-6-5-7-18(27)12-17/h5-9,12-13,19,35H,4,14-15H2,1-3H3,(H,28,33)(H,29,30,31)/t19-/m1/s1. The van der Waals surface area contributed by atoms with Crippen molar-refractivity contribution in [1.29, 1.82) is 0 Å². The smallest absolute Gasteiger partial charge is 0.291 e. The van der Waals surface area contributed by atoms with Crippen molar-refractivity contribution in [1.82, 2.24) is 20.5 Å². The van der Waals surface area contributed by atoms with Gasteiger partial charge in [-0.05, 0) is 56.7 Å². The molecule has 0 saturated heterocycles. The second-order valence-corrected chi connectivity index (χ2v) is 8.82. The van der Waals surface area contributed by atoms with Gasteiger partial charge < -0.3 is 20.1 Å². The summed E-state index contributed by atoms with van der Waals surface area (Å²) >= 11 is 0. The van der Waals surface area contributed by atoms with Gasteiger partial charge in [0.05, 0.1) is 5.69 Å². The number of carbonyl (C=O) groups is 2. The number of nitrogens with zero attached hydrogens (tertiary/aromatic N) is 3. The molecular formula is C26H26FN5O4. The summed E-state index contributed by atoms with van der Waals surface area (Å²) in [5.74, 6) is 5.01. The van der Waals surface area contributed by atoms with Crippen LogP contribution in [0.3, 0.4) is 0 Å². The first kappa shape index (κ1) is 24.9. The molecule has 2 amide bonds. The van der Waals surface area contributed by atoms with Crippen LogP contribution in [0.4, 0.5) is 10.1 Å². The summed E-state index contributed by atoms with van der Waals surface area (Å²) in [6.07, 6.45) is 0.265. The summed E-state index contributed by atoms with van der Waals surface area (Å²) in [4.78, 5) is 31.8. The molecule has 0 aliphatic carbocycles. The van der Waals surface area contributed by atoms with Gasteiger partial charge in [0.15, 0.2) is 0 Å². The van der Waals surface area contributed by atoms with Crippen LogP contribution in [0.2, 0.25) is 0 Å². The number of halogens is 1. The lowest BCUT2D eigenvalue weighted by Crippen LogP contribution is -2.50. The van der Waals surface area contributed by atoms with Crippen LogP contribution in [0.5, 0.6) is 5.75 Å². The summed E-state index contributed by atoms with van der Waals surface area (Å²) in [5, 5.41) is 19.1. The second kappa shape index (κ2) is 10.2. The minimum absolute atomic E-state index is 0.0800. The van der Waals surface area contributed by atoms with E-state index in [9.17, 15) is 19.1 Å². The maximum Gasteiger partial charge on any atom is 0.291 e. The number of ether oxygens (including phenoxy) is 1. The Morgan fingerprint density at radius 2 is 2.14 bits per heavy atom. The lowest BCUT2D eigenvalue weighted by Gasteiger charge is -2.23. The monoisotopic (exact) mass is 491 g/mol. The molecule has 4 rings (SSSR count). The molecule has 3 N–H and O–H groups in total. The normalized spacial score (nSPS) is 15.3. The molecule has 10 heteroatoms. The van der Waals surface area contributed by atoms with Gasteiger partial charge in [-0.3, -0.25) is 14.7 Å². The fraction of sp³-hybridized carbons (Fsp3) is 0.308. The number of anilines is 1. The molecule has 2 aromatic carbocycles. The van der Waals surface area contributed by atoms with Crippen LogP contribution in [0.1, 0.15) is 48.3 Å². The molecule has 1 aliphatic rings. The Kier molecular flexibility index (Phi) is 7.03. The molecule has 1 aliphatic heterocycles. The highest BCUT2D eigenvalue weighted by atomic mass is 19.1. The number of carbonyl (C=O) groups excluding carboxylic acids is 2. The molecule has 2 heterocycles. The van der Waals surface area contributed by atoms with Gasteiger partial charge in [0, 0.05) is 18.5 Å². The molecule has 0 saturated carbocycles. The Morgan fingerprint density at radius 3 is 2.86 bits per heavy atom. The van der Waals surface area contributed by atoms with Gasteiger partial charge >= 0.3 is 0 Å².